The molecule has 0 spiro atoms. The molecule has 6 heteroatoms. The van der Waals surface area contributed by atoms with E-state index in [1.54, 1.807) is 12.4 Å². The molecule has 1 aliphatic carbocycles. The molecule has 1 amide bonds. The average Bonchev–Trinajstić information content (AvgIpc) is 2.49. The summed E-state index contributed by atoms with van der Waals surface area (Å²) < 4.78 is 5.92. The Morgan fingerprint density at radius 2 is 1.86 bits per heavy atom. The molecule has 1 aromatic heterocycles. The van der Waals surface area contributed by atoms with Gasteiger partial charge in [-0.15, -0.1) is 0 Å². The zero-order valence-electron chi connectivity index (χ0n) is 12.2. The van der Waals surface area contributed by atoms with Crippen molar-refractivity contribution in [2.45, 2.75) is 24.7 Å². The maximum Gasteiger partial charge on any atom is 0.316 e. The molecular weight excluding hydrogens is 346 g/mol. The van der Waals surface area contributed by atoms with Crippen LogP contribution in [0.15, 0.2) is 41.1 Å². The summed E-state index contributed by atoms with van der Waals surface area (Å²) >= 11 is 3.43. The molecule has 1 fully saturated rings. The van der Waals surface area contributed by atoms with Crippen molar-refractivity contribution in [1.82, 2.24) is 9.97 Å². The first-order valence-electron chi connectivity index (χ1n) is 7.07. The number of aromatic nitrogens is 2. The first-order valence-corrected chi connectivity index (χ1v) is 7.87. The molecule has 3 rings (SSSR count). The molecule has 1 aliphatic rings. The van der Waals surface area contributed by atoms with Crippen LogP contribution >= 0.6 is 15.9 Å². The van der Waals surface area contributed by atoms with Crippen LogP contribution in [-0.2, 0) is 10.2 Å². The van der Waals surface area contributed by atoms with Gasteiger partial charge in [0.1, 0.15) is 0 Å². The second kappa shape index (κ2) is 6.04. The highest BCUT2D eigenvalue weighted by molar-refractivity contribution is 9.10. The lowest BCUT2D eigenvalue weighted by Gasteiger charge is -2.40. The number of anilines is 1. The van der Waals surface area contributed by atoms with Crippen LogP contribution in [-0.4, -0.2) is 23.0 Å². The average molecular weight is 362 g/mol. The quantitative estimate of drug-likeness (QED) is 0.907. The summed E-state index contributed by atoms with van der Waals surface area (Å²) in [4.78, 5) is 20.8. The molecule has 1 saturated carbocycles. The lowest BCUT2D eigenvalue weighted by Crippen LogP contribution is -2.46. The van der Waals surface area contributed by atoms with Crippen molar-refractivity contribution in [1.29, 1.82) is 0 Å². The zero-order valence-corrected chi connectivity index (χ0v) is 13.8. The Morgan fingerprint density at radius 3 is 2.36 bits per heavy atom. The number of amides is 1. The summed E-state index contributed by atoms with van der Waals surface area (Å²) in [5, 5.41) is 2.92. The Morgan fingerprint density at radius 1 is 1.23 bits per heavy atom. The van der Waals surface area contributed by atoms with E-state index in [0.717, 1.165) is 29.3 Å². The van der Waals surface area contributed by atoms with E-state index in [2.05, 4.69) is 31.2 Å². The summed E-state index contributed by atoms with van der Waals surface area (Å²) in [6.07, 6.45) is 5.88. The third-order valence-corrected chi connectivity index (χ3v) is 4.64. The predicted molar refractivity (Wildman–Crippen MR) is 86.9 cm³/mol. The van der Waals surface area contributed by atoms with Crippen molar-refractivity contribution in [3.63, 3.8) is 0 Å². The molecule has 1 heterocycles. The number of ether oxygens (including phenoxy) is 1. The Bertz CT molecular complexity index is 667. The minimum absolute atomic E-state index is 0.00478. The minimum Gasteiger partial charge on any atom is -0.467 e. The highest BCUT2D eigenvalue weighted by atomic mass is 79.9. The second-order valence-corrected chi connectivity index (χ2v) is 6.27. The van der Waals surface area contributed by atoms with E-state index < -0.39 is 5.41 Å². The molecule has 22 heavy (non-hydrogen) atoms. The maximum atomic E-state index is 12.7. The van der Waals surface area contributed by atoms with E-state index in [1.807, 2.05) is 24.3 Å². The topological polar surface area (TPSA) is 64.1 Å². The van der Waals surface area contributed by atoms with Crippen LogP contribution in [0.25, 0.3) is 0 Å². The largest absolute Gasteiger partial charge is 0.467 e. The maximum absolute atomic E-state index is 12.7. The number of rotatable bonds is 4. The smallest absolute Gasteiger partial charge is 0.316 e. The number of nitrogens with one attached hydrogen (secondary N) is 1. The van der Waals surface area contributed by atoms with Gasteiger partial charge < -0.3 is 10.1 Å². The van der Waals surface area contributed by atoms with Gasteiger partial charge in [0.2, 0.25) is 5.91 Å². The van der Waals surface area contributed by atoms with Gasteiger partial charge in [-0.1, -0.05) is 34.5 Å². The summed E-state index contributed by atoms with van der Waals surface area (Å²) in [5.74, 6) is -0.00478. The molecule has 0 radical (unpaired) electrons. The van der Waals surface area contributed by atoms with E-state index in [4.69, 9.17) is 4.74 Å². The van der Waals surface area contributed by atoms with Crippen LogP contribution in [0, 0.1) is 0 Å². The van der Waals surface area contributed by atoms with Gasteiger partial charge in [0.05, 0.1) is 30.6 Å². The molecule has 0 atom stereocenters. The van der Waals surface area contributed by atoms with Crippen LogP contribution in [0.4, 0.5) is 5.69 Å². The van der Waals surface area contributed by atoms with Crippen LogP contribution in [0.3, 0.4) is 0 Å². The number of methoxy groups -OCH3 is 1. The standard InChI is InChI=1S/C16H16BrN3O2/c1-22-15-18-9-13(10-19-15)20-14(21)16(7-2-8-16)11-3-5-12(17)6-4-11/h3-6,9-10H,2,7-8H2,1H3,(H,20,21). The third kappa shape index (κ3) is 2.70. The number of hydrogen-bond acceptors (Lipinski definition) is 4. The zero-order chi connectivity index (χ0) is 15.6. The van der Waals surface area contributed by atoms with Crippen molar-refractivity contribution in [3.05, 3.63) is 46.7 Å². The summed E-state index contributed by atoms with van der Waals surface area (Å²) in [5.41, 5.74) is 1.18. The number of hydrogen-bond donors (Lipinski definition) is 1. The number of nitrogens with zero attached hydrogens (tertiary/aromatic N) is 2. The van der Waals surface area contributed by atoms with Crippen LogP contribution in [0.5, 0.6) is 6.01 Å². The van der Waals surface area contributed by atoms with Gasteiger partial charge in [-0.3, -0.25) is 4.79 Å². The van der Waals surface area contributed by atoms with Gasteiger partial charge in [-0.2, -0.15) is 0 Å². The molecule has 5 nitrogen and oxygen atoms in total. The van der Waals surface area contributed by atoms with Crippen LogP contribution in [0.2, 0.25) is 0 Å². The van der Waals surface area contributed by atoms with Gasteiger partial charge in [0.15, 0.2) is 0 Å². The molecule has 114 valence electrons. The fraction of sp³-hybridized carbons (Fsp3) is 0.312. The van der Waals surface area contributed by atoms with E-state index in [0.29, 0.717) is 5.69 Å². The second-order valence-electron chi connectivity index (χ2n) is 5.36. The highest BCUT2D eigenvalue weighted by Crippen LogP contribution is 2.44. The Kier molecular flexibility index (Phi) is 4.11. The molecule has 0 unspecified atom stereocenters. The van der Waals surface area contributed by atoms with Crippen LogP contribution < -0.4 is 10.1 Å². The van der Waals surface area contributed by atoms with Crippen molar-refractivity contribution in [2.24, 2.45) is 0 Å². The third-order valence-electron chi connectivity index (χ3n) is 4.11. The monoisotopic (exact) mass is 361 g/mol. The molecule has 1 aromatic carbocycles. The van der Waals surface area contributed by atoms with Gasteiger partial charge >= 0.3 is 6.01 Å². The van der Waals surface area contributed by atoms with Crippen LogP contribution in [0.1, 0.15) is 24.8 Å². The summed E-state index contributed by atoms with van der Waals surface area (Å²) in [7, 11) is 1.50. The van der Waals surface area contributed by atoms with Crippen molar-refractivity contribution >= 4 is 27.5 Å². The lowest BCUT2D eigenvalue weighted by molar-refractivity contribution is -0.124. The first-order chi connectivity index (χ1) is 10.6. The Balaban J connectivity index is 1.80. The van der Waals surface area contributed by atoms with E-state index >= 15 is 0 Å². The number of carbonyl (C=O) groups is 1. The number of halogens is 1. The van der Waals surface area contributed by atoms with E-state index in [1.165, 1.54) is 7.11 Å². The molecule has 2 aromatic rings. The number of benzene rings is 1. The number of carbonyl (C=O) groups excluding carboxylic acids is 1. The Hall–Kier alpha value is -1.95. The highest BCUT2D eigenvalue weighted by Gasteiger charge is 2.45. The van der Waals surface area contributed by atoms with Gasteiger partial charge in [-0.05, 0) is 30.5 Å². The fourth-order valence-electron chi connectivity index (χ4n) is 2.68. The lowest BCUT2D eigenvalue weighted by atomic mass is 9.64. The summed E-state index contributed by atoms with van der Waals surface area (Å²) in [6.45, 7) is 0. The van der Waals surface area contributed by atoms with Crippen molar-refractivity contribution < 1.29 is 9.53 Å². The normalized spacial score (nSPS) is 15.7. The van der Waals surface area contributed by atoms with Crippen molar-refractivity contribution in [3.8, 4) is 6.01 Å². The molecular formula is C16H16BrN3O2. The first kappa shape index (κ1) is 15.0. The van der Waals surface area contributed by atoms with Gasteiger partial charge in [0.25, 0.3) is 0 Å². The summed E-state index contributed by atoms with van der Waals surface area (Å²) in [6, 6.07) is 8.24. The van der Waals surface area contributed by atoms with E-state index in [-0.39, 0.29) is 11.9 Å². The fourth-order valence-corrected chi connectivity index (χ4v) is 2.95. The minimum atomic E-state index is -0.444. The SMILES string of the molecule is COc1ncc(NC(=O)C2(c3ccc(Br)cc3)CCC2)cn1. The van der Waals surface area contributed by atoms with Crippen molar-refractivity contribution in [2.75, 3.05) is 12.4 Å². The van der Waals surface area contributed by atoms with Gasteiger partial charge in [0, 0.05) is 4.47 Å². The predicted octanol–water partition coefficient (Wildman–Crippen LogP) is 3.31. The van der Waals surface area contributed by atoms with Gasteiger partial charge in [-0.25, -0.2) is 9.97 Å². The van der Waals surface area contributed by atoms with E-state index in [9.17, 15) is 4.79 Å². The Labute approximate surface area is 137 Å². The molecule has 0 aliphatic heterocycles. The molecule has 1 N–H and O–H groups in total. The molecule has 0 bridgehead atoms. The molecule has 0 saturated heterocycles.